The van der Waals surface area contributed by atoms with Crippen LogP contribution >= 0.6 is 0 Å². The fourth-order valence-electron chi connectivity index (χ4n) is 14.3. The maximum Gasteiger partial charge on any atom is 0.432 e. The zero-order chi connectivity index (χ0) is 89.6. The predicted molar refractivity (Wildman–Crippen MR) is 383 cm³/mol. The van der Waals surface area contributed by atoms with Crippen LogP contribution in [0.2, 0.25) is 0 Å². The summed E-state index contributed by atoms with van der Waals surface area (Å²) in [6.45, 7) is 9.83. The van der Waals surface area contributed by atoms with Gasteiger partial charge in [0.05, 0.1) is 50.8 Å². The van der Waals surface area contributed by atoms with E-state index in [1.807, 2.05) is 13.8 Å². The van der Waals surface area contributed by atoms with Gasteiger partial charge in [-0.1, -0.05) is 72.6 Å². The summed E-state index contributed by atoms with van der Waals surface area (Å²) in [7, 11) is 0. The molecule has 0 aliphatic carbocycles. The van der Waals surface area contributed by atoms with Gasteiger partial charge in [0.15, 0.2) is 69.8 Å². The summed E-state index contributed by atoms with van der Waals surface area (Å²) in [5, 5.41) is 0. The van der Waals surface area contributed by atoms with Crippen LogP contribution < -0.4 is 18.9 Å². The molecule has 4 aliphatic rings. The number of benzene rings is 8. The number of halogens is 28. The first kappa shape index (κ1) is 96.7. The molecule has 8 nitrogen and oxygen atoms in total. The Kier molecular flexibility index (Phi) is 33.3. The molecule has 0 spiro atoms. The summed E-state index contributed by atoms with van der Waals surface area (Å²) in [4.78, 5) is 0. The Bertz CT molecular complexity index is 4680. The minimum Gasteiger partial charge on any atom is -0.429 e. The zero-order valence-corrected chi connectivity index (χ0v) is 65.3. The van der Waals surface area contributed by atoms with Crippen molar-refractivity contribution in [3.05, 3.63) is 258 Å². The maximum atomic E-state index is 14.5. The molecule has 4 aliphatic heterocycles. The third-order valence-corrected chi connectivity index (χ3v) is 20.7. The first-order valence-electron chi connectivity index (χ1n) is 38.8. The van der Waals surface area contributed by atoms with Gasteiger partial charge in [0.2, 0.25) is 0 Å². The lowest BCUT2D eigenvalue weighted by molar-refractivity contribution is -0.190. The molecule has 36 heteroatoms. The lowest BCUT2D eigenvalue weighted by atomic mass is 9.90. The van der Waals surface area contributed by atoms with Crippen molar-refractivity contribution in [1.82, 2.24) is 0 Å². The first-order chi connectivity index (χ1) is 57.5. The minimum atomic E-state index is -4.61. The minimum absolute atomic E-state index is 0.0629. The topological polar surface area (TPSA) is 73.8 Å². The average Bonchev–Trinajstić information content (AvgIpc) is 0.790. The third kappa shape index (κ3) is 24.7. The van der Waals surface area contributed by atoms with E-state index in [9.17, 15) is 123 Å². The van der Waals surface area contributed by atoms with E-state index in [4.69, 9.17) is 18.9 Å². The predicted octanol–water partition coefficient (Wildman–Crippen LogP) is 27.9. The molecule has 0 radical (unpaired) electrons. The number of ether oxygens (including phenoxy) is 8. The van der Waals surface area contributed by atoms with Gasteiger partial charge in [-0.15, -0.1) is 0 Å². The van der Waals surface area contributed by atoms with Crippen LogP contribution in [0.15, 0.2) is 97.1 Å². The highest BCUT2D eigenvalue weighted by Gasteiger charge is 2.47. The van der Waals surface area contributed by atoms with Crippen LogP contribution in [0.1, 0.15) is 212 Å². The van der Waals surface area contributed by atoms with Crippen molar-refractivity contribution in [3.8, 4) is 23.0 Å². The Hall–Kier alpha value is -9.16. The quantitative estimate of drug-likeness (QED) is 0.0302. The Balaban J connectivity index is 0.000000185. The van der Waals surface area contributed by atoms with Crippen molar-refractivity contribution in [1.29, 1.82) is 0 Å². The SMILES string of the molecule is CCC1CCC(c2cc(F)c(C(F)(F)Oc3cc(F)c(F)c(F)c3)c(F)c2)OC1.CCCC1CCC(c2cc(F)c(C(F)(F)Oc3cc(F)c(F)c(F)c3)c(F)c2)OC1.CCCCC1CCC(c2cc(F)c(C(F)(F)Oc3cc(F)c(F)c(F)c3)c(F)c2)OC1.CCCCCC1CCC(c2cc(F)c(C(F)(F)Oc3cc(F)c(F)c(F)c3)c(F)c2)OC1. The summed E-state index contributed by atoms with van der Waals surface area (Å²) >= 11 is 0. The fraction of sp³-hybridized carbons (Fsp3) is 0.442. The van der Waals surface area contributed by atoms with E-state index in [0.29, 0.717) is 75.8 Å². The number of alkyl halides is 8. The van der Waals surface area contributed by atoms with Gasteiger partial charge >= 0.3 is 24.4 Å². The Morgan fingerprint density at radius 1 is 0.246 bits per heavy atom. The summed E-state index contributed by atoms with van der Waals surface area (Å²) in [6.07, 6.45) is -5.67. The van der Waals surface area contributed by atoms with Crippen molar-refractivity contribution in [2.75, 3.05) is 26.4 Å². The second-order valence-electron chi connectivity index (χ2n) is 29.6. The fourth-order valence-corrected chi connectivity index (χ4v) is 14.3. The molecule has 0 N–H and O–H groups in total. The largest absolute Gasteiger partial charge is 0.432 e. The number of hydrogen-bond donors (Lipinski definition) is 0. The van der Waals surface area contributed by atoms with Crippen LogP contribution in [0.3, 0.4) is 0 Å². The highest BCUT2D eigenvalue weighted by molar-refractivity contribution is 5.38. The van der Waals surface area contributed by atoms with Gasteiger partial charge in [-0.3, -0.25) is 0 Å². The number of unbranched alkanes of at least 4 members (excludes halogenated alkanes) is 3. The smallest absolute Gasteiger partial charge is 0.429 e. The summed E-state index contributed by atoms with van der Waals surface area (Å²) < 4.78 is 427. The molecular formula is C86H80F28O8. The number of hydrogen-bond acceptors (Lipinski definition) is 8. The lowest BCUT2D eigenvalue weighted by Crippen LogP contribution is -2.26. The second-order valence-corrected chi connectivity index (χ2v) is 29.6. The van der Waals surface area contributed by atoms with E-state index in [2.05, 4.69) is 32.8 Å². The number of rotatable bonds is 26. The monoisotopic (exact) mass is 1770 g/mol. The molecule has 8 unspecified atom stereocenters. The van der Waals surface area contributed by atoms with Crippen molar-refractivity contribution in [2.24, 2.45) is 23.7 Å². The summed E-state index contributed by atoms with van der Waals surface area (Å²) in [6, 6.07) is 7.07. The molecular weight excluding hydrogens is 1690 g/mol. The molecule has 668 valence electrons. The second kappa shape index (κ2) is 42.0. The third-order valence-electron chi connectivity index (χ3n) is 20.7. The van der Waals surface area contributed by atoms with Gasteiger partial charge in [-0.25, -0.2) is 87.8 Å². The van der Waals surface area contributed by atoms with Crippen LogP contribution in [-0.2, 0) is 43.4 Å². The van der Waals surface area contributed by atoms with Crippen molar-refractivity contribution in [2.45, 2.75) is 192 Å². The van der Waals surface area contributed by atoms with E-state index in [-0.39, 0.29) is 70.8 Å². The Morgan fingerprint density at radius 2 is 0.451 bits per heavy atom. The highest BCUT2D eigenvalue weighted by Crippen LogP contribution is 2.46. The molecule has 4 saturated heterocycles. The molecule has 8 atom stereocenters. The maximum absolute atomic E-state index is 14.5. The van der Waals surface area contributed by atoms with Crippen LogP contribution in [0.4, 0.5) is 123 Å². The van der Waals surface area contributed by atoms with E-state index in [1.165, 1.54) is 0 Å². The Labute approximate surface area is 681 Å². The van der Waals surface area contributed by atoms with Crippen LogP contribution in [-0.4, -0.2) is 26.4 Å². The zero-order valence-electron chi connectivity index (χ0n) is 65.3. The van der Waals surface area contributed by atoms with Gasteiger partial charge < -0.3 is 37.9 Å². The Morgan fingerprint density at radius 3 is 0.639 bits per heavy atom. The lowest BCUT2D eigenvalue weighted by Gasteiger charge is -2.30. The van der Waals surface area contributed by atoms with Crippen LogP contribution in [0.5, 0.6) is 23.0 Å². The van der Waals surface area contributed by atoms with Crippen molar-refractivity contribution in [3.63, 3.8) is 0 Å². The van der Waals surface area contributed by atoms with Gasteiger partial charge in [0.1, 0.15) is 91.8 Å². The van der Waals surface area contributed by atoms with Crippen molar-refractivity contribution < 1.29 is 161 Å². The normalized spacial score (nSPS) is 19.6. The van der Waals surface area contributed by atoms with Gasteiger partial charge in [-0.2, -0.15) is 35.1 Å². The average molecular weight is 1770 g/mol. The molecule has 0 saturated carbocycles. The molecule has 4 fully saturated rings. The molecule has 0 amide bonds. The van der Waals surface area contributed by atoms with E-state index < -0.39 is 210 Å². The van der Waals surface area contributed by atoms with Gasteiger partial charge in [0, 0.05) is 48.5 Å². The summed E-state index contributed by atoms with van der Waals surface area (Å²) in [5.74, 6) is -37.8. The molecule has 8 aromatic carbocycles. The molecule has 0 bridgehead atoms. The van der Waals surface area contributed by atoms with E-state index in [0.717, 1.165) is 138 Å². The van der Waals surface area contributed by atoms with E-state index in [1.54, 1.807) is 0 Å². The molecule has 8 aromatic rings. The van der Waals surface area contributed by atoms with Gasteiger partial charge in [-0.05, 0) is 165 Å². The standard InChI is InChI=1S/C23H23F7O2.C22H21F7O2.C21H19F7O2.C20H17F7O2/c1-2-3-4-5-13-6-7-20(31-12-13)14-8-16(24)21(17(25)9-14)23(29,30)32-15-10-18(26)22(28)19(27)11-15;1-2-3-4-12-5-6-19(30-11-12)13-7-15(23)20(16(24)8-13)22(28,29)31-14-9-17(25)21(27)18(26)10-14;1-2-3-11-4-5-18(29-10-11)12-6-14(22)19(15(23)7-12)21(27,28)30-13-8-16(24)20(26)17(25)9-13;1-2-10-3-4-17(28-9-10)11-5-13(21)18(14(22)6-11)20(26,27)29-12-7-15(23)19(25)16(24)8-12/h8-11,13,20H,2-7,12H2,1H3;7-10,12,19H,2-6,11H2,1H3;6-9,11,18H,2-5,10H2,1H3;5-8,10,17H,2-4,9H2,1H3. The highest BCUT2D eigenvalue weighted by atomic mass is 19.3. The van der Waals surface area contributed by atoms with E-state index >= 15 is 0 Å². The summed E-state index contributed by atoms with van der Waals surface area (Å²) in [5.41, 5.74) is -6.62. The van der Waals surface area contributed by atoms with Crippen LogP contribution in [0, 0.1) is 140 Å². The van der Waals surface area contributed by atoms with Crippen molar-refractivity contribution >= 4 is 0 Å². The molecule has 4 heterocycles. The van der Waals surface area contributed by atoms with Crippen LogP contribution in [0.25, 0.3) is 0 Å². The first-order valence-corrected chi connectivity index (χ1v) is 38.8. The molecule has 0 aromatic heterocycles. The molecule has 122 heavy (non-hydrogen) atoms. The van der Waals surface area contributed by atoms with Gasteiger partial charge in [0.25, 0.3) is 0 Å². The molecule has 12 rings (SSSR count).